The van der Waals surface area contributed by atoms with Gasteiger partial charge in [-0.3, -0.25) is 19.5 Å². The van der Waals surface area contributed by atoms with Crippen LogP contribution >= 0.6 is 0 Å². The van der Waals surface area contributed by atoms with Gasteiger partial charge in [0.05, 0.1) is 11.9 Å². The number of hydrogen-bond acceptors (Lipinski definition) is 6. The molecule has 1 N–H and O–H groups in total. The number of fused-ring (bicyclic) bond motifs is 1. The largest absolute Gasteiger partial charge is 0.437 e. The molecule has 0 fully saturated rings. The molecule has 3 aromatic rings. The molecule has 29 heavy (non-hydrogen) atoms. The lowest BCUT2D eigenvalue weighted by molar-refractivity contribution is -0.120. The molecule has 3 heterocycles. The van der Waals surface area contributed by atoms with Crippen molar-refractivity contribution in [2.75, 3.05) is 11.9 Å². The number of carbonyl (C=O) groups excluding carboxylic acids is 2. The smallest absolute Gasteiger partial charge is 0.307 e. The fourth-order valence-electron chi connectivity index (χ4n) is 3.48. The number of nitrogens with zero attached hydrogens (tertiary/aromatic N) is 4. The molecule has 1 aromatic carbocycles. The second-order valence-electron chi connectivity index (χ2n) is 7.12. The van der Waals surface area contributed by atoms with Crippen LogP contribution in [-0.2, 0) is 11.2 Å². The number of benzene rings is 1. The molecule has 2 atom stereocenters. The van der Waals surface area contributed by atoms with Gasteiger partial charge in [-0.05, 0) is 12.0 Å². The molecule has 0 spiro atoms. The van der Waals surface area contributed by atoms with E-state index in [1.54, 1.807) is 19.4 Å². The molecule has 2 amide bonds. The number of nitrogens with one attached hydrogen (secondary N) is 1. The van der Waals surface area contributed by atoms with Crippen molar-refractivity contribution < 1.29 is 14.0 Å². The molecule has 0 saturated heterocycles. The van der Waals surface area contributed by atoms with Crippen molar-refractivity contribution in [1.29, 1.82) is 0 Å². The van der Waals surface area contributed by atoms with Crippen molar-refractivity contribution in [2.24, 2.45) is 0 Å². The fraction of sp³-hybridized carbons (Fsp3) is 0.286. The number of carbonyl (C=O) groups is 2. The van der Waals surface area contributed by atoms with Gasteiger partial charge in [0.2, 0.25) is 0 Å². The van der Waals surface area contributed by atoms with Crippen molar-refractivity contribution in [3.05, 3.63) is 71.8 Å². The summed E-state index contributed by atoms with van der Waals surface area (Å²) in [5.41, 5.74) is 1.80. The Hall–Kier alpha value is -3.55. The lowest BCUT2D eigenvalue weighted by Crippen LogP contribution is -2.47. The number of rotatable bonds is 4. The van der Waals surface area contributed by atoms with E-state index in [9.17, 15) is 9.59 Å². The molecule has 0 saturated carbocycles. The third-order valence-electron chi connectivity index (χ3n) is 4.98. The Kier molecular flexibility index (Phi) is 5.07. The van der Waals surface area contributed by atoms with Crippen LogP contribution in [0.5, 0.6) is 0 Å². The van der Waals surface area contributed by atoms with Gasteiger partial charge >= 0.3 is 5.91 Å². The normalized spacial score (nSPS) is 18.8. The Bertz CT molecular complexity index is 1030. The van der Waals surface area contributed by atoms with E-state index < -0.39 is 11.9 Å². The predicted molar refractivity (Wildman–Crippen MR) is 105 cm³/mol. The SMILES string of the molecule is CC1C[C@H](NC(=O)c2ncc(Cc3ccccc3)o2)C(=O)N(C)c2nccnc21. The van der Waals surface area contributed by atoms with E-state index in [4.69, 9.17) is 4.42 Å². The summed E-state index contributed by atoms with van der Waals surface area (Å²) in [6.07, 6.45) is 5.65. The van der Waals surface area contributed by atoms with E-state index >= 15 is 0 Å². The number of aromatic nitrogens is 3. The molecule has 4 rings (SSSR count). The van der Waals surface area contributed by atoms with Crippen LogP contribution in [0.15, 0.2) is 53.3 Å². The minimum absolute atomic E-state index is 0.0453. The third-order valence-corrected chi connectivity index (χ3v) is 4.98. The summed E-state index contributed by atoms with van der Waals surface area (Å²) in [4.78, 5) is 39.7. The number of amides is 2. The first-order valence-corrected chi connectivity index (χ1v) is 9.41. The lowest BCUT2D eigenvalue weighted by atomic mass is 9.99. The summed E-state index contributed by atoms with van der Waals surface area (Å²) in [5.74, 6) is 0.228. The van der Waals surface area contributed by atoms with Crippen molar-refractivity contribution in [1.82, 2.24) is 20.3 Å². The van der Waals surface area contributed by atoms with E-state index in [0.29, 0.717) is 24.4 Å². The van der Waals surface area contributed by atoms with Crippen LogP contribution in [0.25, 0.3) is 0 Å². The lowest BCUT2D eigenvalue weighted by Gasteiger charge is -2.20. The van der Waals surface area contributed by atoms with Gasteiger partial charge in [0.15, 0.2) is 5.82 Å². The summed E-state index contributed by atoms with van der Waals surface area (Å²) in [6.45, 7) is 1.96. The average molecular weight is 391 g/mol. The molecule has 8 heteroatoms. The second kappa shape index (κ2) is 7.83. The van der Waals surface area contributed by atoms with E-state index in [1.807, 2.05) is 37.3 Å². The number of anilines is 1. The van der Waals surface area contributed by atoms with Crippen LogP contribution in [0.3, 0.4) is 0 Å². The van der Waals surface area contributed by atoms with Crippen LogP contribution in [0.1, 0.15) is 47.0 Å². The maximum atomic E-state index is 12.9. The highest BCUT2D eigenvalue weighted by Crippen LogP contribution is 2.30. The van der Waals surface area contributed by atoms with Crippen molar-refractivity contribution >= 4 is 17.6 Å². The standard InChI is InChI=1S/C21H21N5O3/c1-13-10-16(21(28)26(2)18-17(13)22-8-9-23-18)25-19(27)20-24-12-15(29-20)11-14-6-4-3-5-7-14/h3-9,12-13,16H,10-11H2,1-2H3,(H,25,27)/t13?,16-/m0/s1. The summed E-state index contributed by atoms with van der Waals surface area (Å²) in [6, 6.07) is 9.05. The quantitative estimate of drug-likeness (QED) is 0.732. The maximum Gasteiger partial charge on any atom is 0.307 e. The van der Waals surface area contributed by atoms with Crippen LogP contribution in [0.2, 0.25) is 0 Å². The molecule has 148 valence electrons. The van der Waals surface area contributed by atoms with Crippen LogP contribution < -0.4 is 10.2 Å². The van der Waals surface area contributed by atoms with Gasteiger partial charge in [-0.2, -0.15) is 0 Å². The first-order chi connectivity index (χ1) is 14.0. The second-order valence-corrected chi connectivity index (χ2v) is 7.12. The summed E-state index contributed by atoms with van der Waals surface area (Å²) < 4.78 is 5.60. The van der Waals surface area contributed by atoms with Gasteiger partial charge < -0.3 is 9.73 Å². The predicted octanol–water partition coefficient (Wildman–Crippen LogP) is 2.32. The molecule has 0 radical (unpaired) electrons. The van der Waals surface area contributed by atoms with Gasteiger partial charge in [0, 0.05) is 31.8 Å². The Morgan fingerprint density at radius 2 is 1.97 bits per heavy atom. The zero-order valence-corrected chi connectivity index (χ0v) is 16.2. The van der Waals surface area contributed by atoms with Gasteiger partial charge in [-0.1, -0.05) is 37.3 Å². The van der Waals surface area contributed by atoms with Gasteiger partial charge in [0.1, 0.15) is 11.8 Å². The van der Waals surface area contributed by atoms with Crippen molar-refractivity contribution in [2.45, 2.75) is 31.7 Å². The Morgan fingerprint density at radius 3 is 2.76 bits per heavy atom. The summed E-state index contributed by atoms with van der Waals surface area (Å²) >= 11 is 0. The third kappa shape index (κ3) is 3.87. The zero-order valence-electron chi connectivity index (χ0n) is 16.2. The first kappa shape index (κ1) is 18.8. The minimum atomic E-state index is -0.719. The fourth-order valence-corrected chi connectivity index (χ4v) is 3.48. The van der Waals surface area contributed by atoms with Crippen LogP contribution in [0, 0.1) is 0 Å². The van der Waals surface area contributed by atoms with E-state index in [-0.39, 0.29) is 17.7 Å². The van der Waals surface area contributed by atoms with Gasteiger partial charge in [-0.25, -0.2) is 9.97 Å². The maximum absolute atomic E-state index is 12.9. The molecule has 1 aliphatic heterocycles. The molecule has 1 aliphatic rings. The number of hydrogen-bond donors (Lipinski definition) is 1. The topological polar surface area (TPSA) is 101 Å². The number of oxazole rings is 1. The summed E-state index contributed by atoms with van der Waals surface area (Å²) in [5, 5.41) is 2.76. The Labute approximate surface area is 168 Å². The molecule has 0 aliphatic carbocycles. The molecule has 1 unspecified atom stereocenters. The minimum Gasteiger partial charge on any atom is -0.437 e. The Morgan fingerprint density at radius 1 is 1.21 bits per heavy atom. The average Bonchev–Trinajstić information content (AvgIpc) is 3.18. The number of likely N-dealkylation sites (N-methyl/N-ethyl adjacent to an activating group) is 1. The van der Waals surface area contributed by atoms with E-state index in [1.165, 1.54) is 11.1 Å². The first-order valence-electron chi connectivity index (χ1n) is 9.41. The highest BCUT2D eigenvalue weighted by atomic mass is 16.4. The molecular weight excluding hydrogens is 370 g/mol. The highest BCUT2D eigenvalue weighted by Gasteiger charge is 2.34. The van der Waals surface area contributed by atoms with Crippen molar-refractivity contribution in [3.8, 4) is 0 Å². The van der Waals surface area contributed by atoms with E-state index in [2.05, 4.69) is 20.3 Å². The molecule has 8 nitrogen and oxygen atoms in total. The van der Waals surface area contributed by atoms with E-state index in [0.717, 1.165) is 11.3 Å². The summed E-state index contributed by atoms with van der Waals surface area (Å²) in [7, 11) is 1.64. The zero-order chi connectivity index (χ0) is 20.4. The van der Waals surface area contributed by atoms with Gasteiger partial charge in [-0.15, -0.1) is 0 Å². The Balaban J connectivity index is 1.48. The molecule has 0 bridgehead atoms. The molecule has 2 aromatic heterocycles. The van der Waals surface area contributed by atoms with Crippen molar-refractivity contribution in [3.63, 3.8) is 0 Å². The molecular formula is C21H21N5O3. The van der Waals surface area contributed by atoms with Crippen LogP contribution in [0.4, 0.5) is 5.82 Å². The monoisotopic (exact) mass is 391 g/mol. The van der Waals surface area contributed by atoms with Gasteiger partial charge in [0.25, 0.3) is 11.8 Å². The van der Waals surface area contributed by atoms with Crippen LogP contribution in [-0.4, -0.2) is 39.9 Å². The highest BCUT2D eigenvalue weighted by molar-refractivity contribution is 6.01.